The Morgan fingerprint density at radius 1 is 0.234 bits per heavy atom. The molecule has 77 heavy (non-hydrogen) atoms. The fourth-order valence-corrected chi connectivity index (χ4v) is 14.2. The van der Waals surface area contributed by atoms with Crippen molar-refractivity contribution in [3.05, 3.63) is 365 Å². The third-order valence-corrected chi connectivity index (χ3v) is 17.5. The van der Waals surface area contributed by atoms with Crippen LogP contribution in [0.3, 0.4) is 0 Å². The molecule has 3 aliphatic carbocycles. The molecule has 0 heterocycles. The number of hydrogen-bond donors (Lipinski definition) is 0. The lowest BCUT2D eigenvalue weighted by Crippen LogP contribution is -2.29. The first-order valence-electron chi connectivity index (χ1n) is 27.0. The Hall–Kier alpha value is -9.56. The average Bonchev–Trinajstić information content (AvgIpc) is 4.11. The van der Waals surface area contributed by atoms with Crippen molar-refractivity contribution in [2.24, 2.45) is 0 Å². The summed E-state index contributed by atoms with van der Waals surface area (Å²) in [5.41, 5.74) is 26.0. The highest BCUT2D eigenvalue weighted by molar-refractivity contribution is 5.96. The van der Waals surface area contributed by atoms with Gasteiger partial charge >= 0.3 is 0 Å². The monoisotopic (exact) mass is 979 g/mol. The van der Waals surface area contributed by atoms with Gasteiger partial charge in [0.25, 0.3) is 0 Å². The van der Waals surface area contributed by atoms with Crippen molar-refractivity contribution in [2.45, 2.75) is 23.2 Å². The third kappa shape index (κ3) is 6.41. The van der Waals surface area contributed by atoms with E-state index in [2.05, 4.69) is 315 Å². The molecule has 0 aliphatic heterocycles. The van der Waals surface area contributed by atoms with Crippen molar-refractivity contribution in [3.63, 3.8) is 0 Å². The van der Waals surface area contributed by atoms with E-state index in [-0.39, 0.29) is 5.41 Å². The van der Waals surface area contributed by atoms with Crippen LogP contribution in [0.5, 0.6) is 0 Å². The molecule has 12 aromatic rings. The van der Waals surface area contributed by atoms with E-state index < -0.39 is 10.8 Å². The molecule has 1 atom stereocenters. The van der Waals surface area contributed by atoms with Gasteiger partial charge in [-0.15, -0.1) is 0 Å². The Kier molecular flexibility index (Phi) is 10.2. The van der Waals surface area contributed by atoms with Crippen LogP contribution in [0.25, 0.3) is 44.5 Å². The van der Waals surface area contributed by atoms with Gasteiger partial charge in [-0.25, -0.2) is 0 Å². The quantitative estimate of drug-likeness (QED) is 0.139. The lowest BCUT2D eigenvalue weighted by molar-refractivity contribution is 0.714. The van der Waals surface area contributed by atoms with Crippen LogP contribution in [-0.4, -0.2) is 0 Å². The van der Waals surface area contributed by atoms with E-state index in [0.717, 1.165) is 17.1 Å². The molecular formula is C76H53N. The average molecular weight is 980 g/mol. The van der Waals surface area contributed by atoms with Crippen LogP contribution in [0.4, 0.5) is 17.1 Å². The second-order valence-corrected chi connectivity index (χ2v) is 21.2. The van der Waals surface area contributed by atoms with Gasteiger partial charge in [-0.3, -0.25) is 0 Å². The van der Waals surface area contributed by atoms with Crippen molar-refractivity contribution in [1.82, 2.24) is 0 Å². The van der Waals surface area contributed by atoms with Crippen molar-refractivity contribution in [3.8, 4) is 44.5 Å². The van der Waals surface area contributed by atoms with E-state index in [1.165, 1.54) is 106 Å². The van der Waals surface area contributed by atoms with Gasteiger partial charge < -0.3 is 4.90 Å². The summed E-state index contributed by atoms with van der Waals surface area (Å²) in [6.07, 6.45) is 0. The summed E-state index contributed by atoms with van der Waals surface area (Å²) in [4.78, 5) is 2.51. The zero-order valence-corrected chi connectivity index (χ0v) is 42.8. The number of hydrogen-bond acceptors (Lipinski definition) is 1. The highest BCUT2D eigenvalue weighted by Gasteiger charge is 2.48. The molecule has 0 saturated heterocycles. The summed E-state index contributed by atoms with van der Waals surface area (Å²) < 4.78 is 0. The normalized spacial score (nSPS) is 15.6. The number of benzene rings is 12. The van der Waals surface area contributed by atoms with Crippen LogP contribution in [-0.2, 0) is 16.2 Å². The Labute approximate surface area is 451 Å². The number of fused-ring (bicyclic) bond motifs is 9. The van der Waals surface area contributed by atoms with Crippen LogP contribution in [0.2, 0.25) is 0 Å². The minimum absolute atomic E-state index is 0.288. The molecule has 0 N–H and O–H groups in total. The molecule has 0 bridgehead atoms. The van der Waals surface area contributed by atoms with Crippen LogP contribution in [0.15, 0.2) is 303 Å². The smallest absolute Gasteiger partial charge is 0.0714 e. The van der Waals surface area contributed by atoms with E-state index in [4.69, 9.17) is 0 Å². The molecule has 1 heteroatoms. The highest BCUT2D eigenvalue weighted by Crippen LogP contribution is 2.60. The van der Waals surface area contributed by atoms with Gasteiger partial charge in [-0.1, -0.05) is 267 Å². The topological polar surface area (TPSA) is 3.24 Å². The second-order valence-electron chi connectivity index (χ2n) is 21.2. The fourth-order valence-electron chi connectivity index (χ4n) is 14.2. The number of rotatable bonds is 9. The maximum Gasteiger partial charge on any atom is 0.0714 e. The van der Waals surface area contributed by atoms with Gasteiger partial charge in [0.05, 0.1) is 10.8 Å². The number of anilines is 3. The minimum Gasteiger partial charge on any atom is -0.310 e. The van der Waals surface area contributed by atoms with Crippen LogP contribution in [0.1, 0.15) is 68.1 Å². The molecule has 0 aromatic heterocycles. The molecule has 15 rings (SSSR count). The Balaban J connectivity index is 0.967. The van der Waals surface area contributed by atoms with E-state index in [1.807, 2.05) is 0 Å². The summed E-state index contributed by atoms with van der Waals surface area (Å²) in [7, 11) is 0. The maximum absolute atomic E-state index is 2.51. The van der Waals surface area contributed by atoms with Crippen molar-refractivity contribution >= 4 is 17.1 Å². The molecule has 1 nitrogen and oxygen atoms in total. The molecule has 0 fully saturated rings. The summed E-state index contributed by atoms with van der Waals surface area (Å²) in [6.45, 7) is 2.40. The minimum atomic E-state index is -0.562. The Morgan fingerprint density at radius 2 is 0.571 bits per heavy atom. The molecule has 3 aliphatic rings. The molecule has 0 amide bonds. The number of nitrogens with zero attached hydrogens (tertiary/aromatic N) is 1. The van der Waals surface area contributed by atoms with Gasteiger partial charge in [0.1, 0.15) is 0 Å². The van der Waals surface area contributed by atoms with Crippen LogP contribution < -0.4 is 4.90 Å². The van der Waals surface area contributed by atoms with Crippen molar-refractivity contribution in [2.75, 3.05) is 4.90 Å². The Morgan fingerprint density at radius 3 is 1.03 bits per heavy atom. The zero-order chi connectivity index (χ0) is 51.1. The van der Waals surface area contributed by atoms with Crippen LogP contribution >= 0.6 is 0 Å². The largest absolute Gasteiger partial charge is 0.310 e. The van der Waals surface area contributed by atoms with Gasteiger partial charge in [0.2, 0.25) is 0 Å². The van der Waals surface area contributed by atoms with E-state index >= 15 is 0 Å². The van der Waals surface area contributed by atoms with Gasteiger partial charge in [0, 0.05) is 22.5 Å². The Bertz CT molecular complexity index is 3940. The molecule has 12 aromatic carbocycles. The van der Waals surface area contributed by atoms with E-state index in [1.54, 1.807) is 0 Å². The zero-order valence-electron chi connectivity index (χ0n) is 42.8. The SMILES string of the molecule is CC1(c2ccccc2)c2ccccc2-c2c(-c3ccc(N(c4ccc5c(c4)C(c4ccccc4)(c4ccccc4)c4ccccc4-5)c4ccc5c(c4)C(c4ccccc4)(c4ccccc4)c4ccccc4-5)cc3)cccc21. The third-order valence-electron chi connectivity index (χ3n) is 17.5. The first kappa shape index (κ1) is 44.9. The molecular weight excluding hydrogens is 927 g/mol. The summed E-state index contributed by atoms with van der Waals surface area (Å²) in [5, 5.41) is 0. The van der Waals surface area contributed by atoms with Crippen LogP contribution in [0, 0.1) is 0 Å². The lowest BCUT2D eigenvalue weighted by Gasteiger charge is -2.36. The maximum atomic E-state index is 2.51. The lowest BCUT2D eigenvalue weighted by atomic mass is 9.67. The van der Waals surface area contributed by atoms with E-state index in [9.17, 15) is 0 Å². The van der Waals surface area contributed by atoms with Gasteiger partial charge in [0.15, 0.2) is 0 Å². The fraction of sp³-hybridized carbons (Fsp3) is 0.0526. The first-order valence-corrected chi connectivity index (χ1v) is 27.0. The second kappa shape index (κ2) is 17.5. The first-order chi connectivity index (χ1) is 38.1. The molecule has 0 saturated carbocycles. The standard InChI is InChI=1S/C76H53N/c1-74(53-24-7-2-8-25-53)67-38-20-19-36-66(67)73-61(37-23-41-70(73)74)52-42-44-58(45-43-52)77(59-46-48-64-62-34-17-21-39-68(62)75(71(64)50-59,54-26-9-3-10-27-54)55-28-11-4-12-29-55)60-47-49-65-63-35-18-22-40-69(63)76(72(65)51-60,56-30-13-5-14-31-56)57-32-15-6-16-33-57/h2-51H,1H3. The molecule has 0 radical (unpaired) electrons. The molecule has 362 valence electrons. The van der Waals surface area contributed by atoms with Gasteiger partial charge in [-0.2, -0.15) is 0 Å². The summed E-state index contributed by atoms with van der Waals surface area (Å²) >= 11 is 0. The van der Waals surface area contributed by atoms with E-state index in [0.29, 0.717) is 0 Å². The predicted molar refractivity (Wildman–Crippen MR) is 319 cm³/mol. The van der Waals surface area contributed by atoms with Crippen molar-refractivity contribution < 1.29 is 0 Å². The highest BCUT2D eigenvalue weighted by atomic mass is 15.1. The predicted octanol–water partition coefficient (Wildman–Crippen LogP) is 18.9. The summed E-state index contributed by atoms with van der Waals surface area (Å²) in [5.74, 6) is 0. The van der Waals surface area contributed by atoms with Crippen molar-refractivity contribution in [1.29, 1.82) is 0 Å². The van der Waals surface area contributed by atoms with Gasteiger partial charge in [-0.05, 0) is 149 Å². The molecule has 0 spiro atoms. The summed E-state index contributed by atoms with van der Waals surface area (Å²) in [6, 6.07) is 113. The molecule has 1 unspecified atom stereocenters.